The van der Waals surface area contributed by atoms with E-state index in [0.29, 0.717) is 11.4 Å². The zero-order chi connectivity index (χ0) is 12.5. The van der Waals surface area contributed by atoms with E-state index in [1.165, 1.54) is 6.42 Å². The van der Waals surface area contributed by atoms with Gasteiger partial charge in [0.25, 0.3) is 0 Å². The zero-order valence-electron chi connectivity index (χ0n) is 10.0. The SMILES string of the molecule is N=C(N)c1cc(OC2CCC2)nc2ccccc12. The number of amidine groups is 1. The van der Waals surface area contributed by atoms with Gasteiger partial charge in [-0.25, -0.2) is 4.98 Å². The van der Waals surface area contributed by atoms with Gasteiger partial charge in [0.15, 0.2) is 0 Å². The Morgan fingerprint density at radius 3 is 2.78 bits per heavy atom. The van der Waals surface area contributed by atoms with Crippen LogP contribution in [0.3, 0.4) is 0 Å². The lowest BCUT2D eigenvalue weighted by atomic mass is 9.96. The molecule has 3 rings (SSSR count). The Morgan fingerprint density at radius 1 is 1.33 bits per heavy atom. The van der Waals surface area contributed by atoms with E-state index in [1.54, 1.807) is 6.07 Å². The number of nitrogens with one attached hydrogen (secondary N) is 1. The molecule has 18 heavy (non-hydrogen) atoms. The summed E-state index contributed by atoms with van der Waals surface area (Å²) >= 11 is 0. The van der Waals surface area contributed by atoms with E-state index in [1.807, 2.05) is 24.3 Å². The molecule has 2 aromatic rings. The zero-order valence-corrected chi connectivity index (χ0v) is 10.0. The van der Waals surface area contributed by atoms with Crippen LogP contribution in [0.2, 0.25) is 0 Å². The van der Waals surface area contributed by atoms with Gasteiger partial charge in [0, 0.05) is 17.0 Å². The van der Waals surface area contributed by atoms with E-state index in [0.717, 1.165) is 23.7 Å². The summed E-state index contributed by atoms with van der Waals surface area (Å²) in [5.74, 6) is 0.621. The molecule has 0 spiro atoms. The first-order valence-corrected chi connectivity index (χ1v) is 6.15. The average Bonchev–Trinajstić information content (AvgIpc) is 2.32. The minimum Gasteiger partial charge on any atom is -0.474 e. The summed E-state index contributed by atoms with van der Waals surface area (Å²) in [5.41, 5.74) is 7.13. The Balaban J connectivity index is 2.07. The normalized spacial score (nSPS) is 15.3. The quantitative estimate of drug-likeness (QED) is 0.640. The molecule has 0 aliphatic heterocycles. The molecule has 1 aliphatic rings. The molecule has 92 valence electrons. The number of fused-ring (bicyclic) bond motifs is 1. The molecule has 0 unspecified atom stereocenters. The molecular formula is C14H15N3O. The topological polar surface area (TPSA) is 72.0 Å². The molecule has 1 aliphatic carbocycles. The monoisotopic (exact) mass is 241 g/mol. The van der Waals surface area contributed by atoms with Gasteiger partial charge in [0.05, 0.1) is 5.52 Å². The fraction of sp³-hybridized carbons (Fsp3) is 0.286. The van der Waals surface area contributed by atoms with Gasteiger partial charge < -0.3 is 10.5 Å². The van der Waals surface area contributed by atoms with Crippen molar-refractivity contribution in [1.29, 1.82) is 5.41 Å². The lowest BCUT2D eigenvalue weighted by molar-refractivity contribution is 0.115. The lowest BCUT2D eigenvalue weighted by Crippen LogP contribution is -2.25. The van der Waals surface area contributed by atoms with Gasteiger partial charge >= 0.3 is 0 Å². The number of pyridine rings is 1. The van der Waals surface area contributed by atoms with Gasteiger partial charge in [-0.3, -0.25) is 5.41 Å². The highest BCUT2D eigenvalue weighted by atomic mass is 16.5. The van der Waals surface area contributed by atoms with Crippen LogP contribution in [0.5, 0.6) is 5.88 Å². The lowest BCUT2D eigenvalue weighted by Gasteiger charge is -2.26. The summed E-state index contributed by atoms with van der Waals surface area (Å²) in [4.78, 5) is 4.47. The molecule has 0 bridgehead atoms. The van der Waals surface area contributed by atoms with E-state index in [4.69, 9.17) is 15.9 Å². The molecule has 0 saturated heterocycles. The molecule has 1 aromatic carbocycles. The Bertz CT molecular complexity index is 605. The van der Waals surface area contributed by atoms with Gasteiger partial charge in [-0.05, 0) is 25.3 Å². The summed E-state index contributed by atoms with van der Waals surface area (Å²) in [6, 6.07) is 9.44. The standard InChI is InChI=1S/C14H15N3O/c15-14(16)11-8-13(18-9-4-3-5-9)17-12-7-2-1-6-10(11)12/h1-2,6-9H,3-5H2,(H3,15,16). The van der Waals surface area contributed by atoms with Crippen molar-refractivity contribution in [3.63, 3.8) is 0 Å². The van der Waals surface area contributed by atoms with Crippen molar-refractivity contribution in [3.8, 4) is 5.88 Å². The van der Waals surface area contributed by atoms with E-state index in [-0.39, 0.29) is 11.9 Å². The van der Waals surface area contributed by atoms with Gasteiger partial charge in [-0.15, -0.1) is 0 Å². The summed E-state index contributed by atoms with van der Waals surface area (Å²) in [5, 5.41) is 8.54. The average molecular weight is 241 g/mol. The minimum absolute atomic E-state index is 0.0482. The number of nitrogens with zero attached hydrogens (tertiary/aromatic N) is 1. The Kier molecular flexibility index (Phi) is 2.63. The summed E-state index contributed by atoms with van der Waals surface area (Å²) in [6.45, 7) is 0. The van der Waals surface area contributed by atoms with E-state index in [2.05, 4.69) is 4.98 Å². The van der Waals surface area contributed by atoms with Crippen LogP contribution >= 0.6 is 0 Å². The molecule has 1 heterocycles. The first-order valence-electron chi connectivity index (χ1n) is 6.15. The van der Waals surface area contributed by atoms with Gasteiger partial charge in [-0.1, -0.05) is 18.2 Å². The highest BCUT2D eigenvalue weighted by Crippen LogP contribution is 2.27. The second kappa shape index (κ2) is 4.29. The first-order chi connectivity index (χ1) is 8.74. The van der Waals surface area contributed by atoms with Crippen LogP contribution in [-0.2, 0) is 0 Å². The number of nitrogens with two attached hydrogens (primary N) is 1. The Morgan fingerprint density at radius 2 is 2.11 bits per heavy atom. The fourth-order valence-electron chi connectivity index (χ4n) is 2.09. The minimum atomic E-state index is 0.0482. The molecule has 3 N–H and O–H groups in total. The van der Waals surface area contributed by atoms with Crippen molar-refractivity contribution in [1.82, 2.24) is 4.98 Å². The van der Waals surface area contributed by atoms with Gasteiger partial charge in [0.1, 0.15) is 11.9 Å². The Hall–Kier alpha value is -2.10. The van der Waals surface area contributed by atoms with Crippen molar-refractivity contribution < 1.29 is 4.74 Å². The number of para-hydroxylation sites is 1. The number of benzene rings is 1. The third-order valence-electron chi connectivity index (χ3n) is 3.32. The van der Waals surface area contributed by atoms with Gasteiger partial charge in [0.2, 0.25) is 5.88 Å². The van der Waals surface area contributed by atoms with Crippen LogP contribution in [-0.4, -0.2) is 16.9 Å². The van der Waals surface area contributed by atoms with Crippen LogP contribution in [0, 0.1) is 5.41 Å². The maximum Gasteiger partial charge on any atom is 0.214 e. The number of hydrogen-bond acceptors (Lipinski definition) is 3. The van der Waals surface area contributed by atoms with Crippen molar-refractivity contribution in [2.45, 2.75) is 25.4 Å². The molecule has 1 saturated carbocycles. The molecular weight excluding hydrogens is 226 g/mol. The van der Waals surface area contributed by atoms with Crippen molar-refractivity contribution in [3.05, 3.63) is 35.9 Å². The third kappa shape index (κ3) is 1.90. The van der Waals surface area contributed by atoms with E-state index < -0.39 is 0 Å². The Labute approximate surface area is 105 Å². The molecule has 0 amide bonds. The second-order valence-corrected chi connectivity index (χ2v) is 4.61. The maximum atomic E-state index is 7.65. The largest absolute Gasteiger partial charge is 0.474 e. The molecule has 4 heteroatoms. The van der Waals surface area contributed by atoms with Crippen LogP contribution in [0.1, 0.15) is 24.8 Å². The summed E-state index contributed by atoms with van der Waals surface area (Å²) in [7, 11) is 0. The van der Waals surface area contributed by atoms with Crippen LogP contribution < -0.4 is 10.5 Å². The molecule has 0 atom stereocenters. The second-order valence-electron chi connectivity index (χ2n) is 4.61. The van der Waals surface area contributed by atoms with E-state index in [9.17, 15) is 0 Å². The predicted molar refractivity (Wildman–Crippen MR) is 71.0 cm³/mol. The molecule has 0 radical (unpaired) electrons. The third-order valence-corrected chi connectivity index (χ3v) is 3.32. The van der Waals surface area contributed by atoms with Crippen LogP contribution in [0.4, 0.5) is 0 Å². The summed E-state index contributed by atoms with van der Waals surface area (Å²) in [6.07, 6.45) is 3.67. The highest BCUT2D eigenvalue weighted by molar-refractivity contribution is 6.06. The molecule has 4 nitrogen and oxygen atoms in total. The van der Waals surface area contributed by atoms with Crippen molar-refractivity contribution >= 4 is 16.7 Å². The number of rotatable bonds is 3. The summed E-state index contributed by atoms with van der Waals surface area (Å²) < 4.78 is 5.79. The fourth-order valence-corrected chi connectivity index (χ4v) is 2.09. The number of hydrogen-bond donors (Lipinski definition) is 2. The first kappa shape index (κ1) is 11.0. The highest BCUT2D eigenvalue weighted by Gasteiger charge is 2.20. The van der Waals surface area contributed by atoms with Crippen molar-refractivity contribution in [2.75, 3.05) is 0 Å². The van der Waals surface area contributed by atoms with Crippen molar-refractivity contribution in [2.24, 2.45) is 5.73 Å². The molecule has 1 aromatic heterocycles. The number of nitrogen functional groups attached to an aromatic ring is 1. The number of ether oxygens (including phenoxy) is 1. The maximum absolute atomic E-state index is 7.65. The van der Waals surface area contributed by atoms with Crippen LogP contribution in [0.15, 0.2) is 30.3 Å². The van der Waals surface area contributed by atoms with E-state index >= 15 is 0 Å². The predicted octanol–water partition coefficient (Wildman–Crippen LogP) is 2.45. The smallest absolute Gasteiger partial charge is 0.214 e. The molecule has 1 fully saturated rings. The van der Waals surface area contributed by atoms with Crippen LogP contribution in [0.25, 0.3) is 10.9 Å². The number of aromatic nitrogens is 1. The van der Waals surface area contributed by atoms with Gasteiger partial charge in [-0.2, -0.15) is 0 Å².